The van der Waals surface area contributed by atoms with Gasteiger partial charge in [0.25, 0.3) is 0 Å². The van der Waals surface area contributed by atoms with Crippen LogP contribution in [0.3, 0.4) is 0 Å². The Bertz CT molecular complexity index is 600. The molecule has 0 unspecified atom stereocenters. The van der Waals surface area contributed by atoms with Crippen LogP contribution < -0.4 is 5.32 Å². The third kappa shape index (κ3) is 3.05. The normalized spacial score (nSPS) is 15.0. The summed E-state index contributed by atoms with van der Waals surface area (Å²) in [5.74, 6) is 0.674. The van der Waals surface area contributed by atoms with Gasteiger partial charge in [-0.1, -0.05) is 31.5 Å². The molecule has 1 fully saturated rings. The molecule has 1 aromatic heterocycles. The van der Waals surface area contributed by atoms with Gasteiger partial charge >= 0.3 is 0 Å². The Labute approximate surface area is 124 Å². The Morgan fingerprint density at radius 3 is 2.85 bits per heavy atom. The lowest BCUT2D eigenvalue weighted by atomic mass is 10.1. The Morgan fingerprint density at radius 2 is 2.15 bits per heavy atom. The van der Waals surface area contributed by atoms with E-state index >= 15 is 0 Å². The van der Waals surface area contributed by atoms with Gasteiger partial charge in [0, 0.05) is 29.7 Å². The first kappa shape index (κ1) is 13.7. The summed E-state index contributed by atoms with van der Waals surface area (Å²) >= 11 is 6.15. The van der Waals surface area contributed by atoms with E-state index in [0.29, 0.717) is 12.0 Å². The summed E-state index contributed by atoms with van der Waals surface area (Å²) in [6.45, 7) is 5.12. The summed E-state index contributed by atoms with van der Waals surface area (Å²) < 4.78 is 1.96. The van der Waals surface area contributed by atoms with Gasteiger partial charge in [-0.05, 0) is 36.6 Å². The van der Waals surface area contributed by atoms with E-state index in [1.165, 1.54) is 24.1 Å². The second-order valence-corrected chi connectivity index (χ2v) is 6.20. The molecule has 20 heavy (non-hydrogen) atoms. The van der Waals surface area contributed by atoms with Crippen LogP contribution in [0.4, 0.5) is 0 Å². The Balaban J connectivity index is 1.90. The zero-order chi connectivity index (χ0) is 14.1. The lowest BCUT2D eigenvalue weighted by Gasteiger charge is -2.13. The van der Waals surface area contributed by atoms with E-state index in [1.807, 2.05) is 23.0 Å². The summed E-state index contributed by atoms with van der Waals surface area (Å²) in [6, 6.07) is 8.58. The van der Waals surface area contributed by atoms with Crippen molar-refractivity contribution in [3.8, 4) is 5.69 Å². The molecule has 1 saturated carbocycles. The van der Waals surface area contributed by atoms with Gasteiger partial charge in [0.2, 0.25) is 0 Å². The lowest BCUT2D eigenvalue weighted by Crippen LogP contribution is -2.22. The van der Waals surface area contributed by atoms with Crippen molar-refractivity contribution in [2.75, 3.05) is 0 Å². The summed E-state index contributed by atoms with van der Waals surface area (Å²) in [5.41, 5.74) is 3.49. The predicted octanol–water partition coefficient (Wildman–Crippen LogP) is 3.90. The van der Waals surface area contributed by atoms with Crippen LogP contribution in [0.2, 0.25) is 5.02 Å². The fourth-order valence-corrected chi connectivity index (χ4v) is 2.45. The zero-order valence-electron chi connectivity index (χ0n) is 11.9. The highest BCUT2D eigenvalue weighted by Gasteiger charge is 2.26. The molecule has 0 saturated heterocycles. The molecule has 1 aromatic carbocycles. The predicted molar refractivity (Wildman–Crippen MR) is 82.5 cm³/mol. The quantitative estimate of drug-likeness (QED) is 0.905. The molecule has 1 heterocycles. The van der Waals surface area contributed by atoms with E-state index < -0.39 is 0 Å². The van der Waals surface area contributed by atoms with Crippen LogP contribution in [0, 0.1) is 0 Å². The molecule has 4 heteroatoms. The van der Waals surface area contributed by atoms with Crippen LogP contribution >= 0.6 is 11.6 Å². The zero-order valence-corrected chi connectivity index (χ0v) is 12.7. The van der Waals surface area contributed by atoms with Crippen molar-refractivity contribution in [2.45, 2.75) is 45.2 Å². The van der Waals surface area contributed by atoms with E-state index in [2.05, 4.69) is 31.3 Å². The van der Waals surface area contributed by atoms with Crippen LogP contribution in [-0.2, 0) is 6.54 Å². The van der Waals surface area contributed by atoms with Crippen molar-refractivity contribution >= 4 is 11.6 Å². The molecule has 1 N–H and O–H groups in total. The summed E-state index contributed by atoms with van der Waals surface area (Å²) in [5, 5.41) is 8.90. The van der Waals surface area contributed by atoms with Gasteiger partial charge in [-0.3, -0.25) is 0 Å². The molecule has 1 aliphatic rings. The number of hydrogen-bond donors (Lipinski definition) is 1. The van der Waals surface area contributed by atoms with Gasteiger partial charge in [-0.25, -0.2) is 4.68 Å². The van der Waals surface area contributed by atoms with Gasteiger partial charge in [0.1, 0.15) is 0 Å². The topological polar surface area (TPSA) is 29.9 Å². The minimum Gasteiger partial charge on any atom is -0.310 e. The molecule has 0 spiro atoms. The molecule has 2 aromatic rings. The SMILES string of the molecule is CC(C)NCc1ccc(Cl)cc1-n1ccc(C2CC2)n1. The maximum atomic E-state index is 6.15. The standard InChI is InChI=1S/C16H20ClN3/c1-11(2)18-10-13-5-6-14(17)9-16(13)20-8-7-15(19-20)12-3-4-12/h5-9,11-12,18H,3-4,10H2,1-2H3. The fourth-order valence-electron chi connectivity index (χ4n) is 2.28. The average molecular weight is 290 g/mol. The largest absolute Gasteiger partial charge is 0.310 e. The van der Waals surface area contributed by atoms with Crippen molar-refractivity contribution in [3.63, 3.8) is 0 Å². The molecule has 1 aliphatic carbocycles. The molecule has 0 bridgehead atoms. The van der Waals surface area contributed by atoms with E-state index in [4.69, 9.17) is 16.7 Å². The fraction of sp³-hybridized carbons (Fsp3) is 0.438. The Morgan fingerprint density at radius 1 is 1.35 bits per heavy atom. The highest BCUT2D eigenvalue weighted by atomic mass is 35.5. The van der Waals surface area contributed by atoms with Crippen LogP contribution in [-0.4, -0.2) is 15.8 Å². The number of benzene rings is 1. The summed E-state index contributed by atoms with van der Waals surface area (Å²) in [7, 11) is 0. The van der Waals surface area contributed by atoms with E-state index in [-0.39, 0.29) is 0 Å². The molecule has 0 amide bonds. The molecule has 0 aliphatic heterocycles. The first-order chi connectivity index (χ1) is 9.63. The third-order valence-electron chi connectivity index (χ3n) is 3.60. The van der Waals surface area contributed by atoms with Crippen LogP contribution in [0.25, 0.3) is 5.69 Å². The Kier molecular flexibility index (Phi) is 3.81. The lowest BCUT2D eigenvalue weighted by molar-refractivity contribution is 0.586. The minimum atomic E-state index is 0.457. The van der Waals surface area contributed by atoms with Crippen LogP contribution in [0.15, 0.2) is 30.5 Å². The van der Waals surface area contributed by atoms with Crippen molar-refractivity contribution in [1.29, 1.82) is 0 Å². The summed E-state index contributed by atoms with van der Waals surface area (Å²) in [4.78, 5) is 0. The number of nitrogens with zero attached hydrogens (tertiary/aromatic N) is 2. The molecule has 0 atom stereocenters. The highest BCUT2D eigenvalue weighted by Crippen LogP contribution is 2.39. The molecular weight excluding hydrogens is 270 g/mol. The van der Waals surface area contributed by atoms with Crippen molar-refractivity contribution in [1.82, 2.24) is 15.1 Å². The Hall–Kier alpha value is -1.32. The average Bonchev–Trinajstić information content (AvgIpc) is 3.15. The van der Waals surface area contributed by atoms with E-state index in [0.717, 1.165) is 17.3 Å². The first-order valence-corrected chi connectivity index (χ1v) is 7.59. The van der Waals surface area contributed by atoms with Gasteiger partial charge in [-0.2, -0.15) is 5.10 Å². The van der Waals surface area contributed by atoms with Gasteiger partial charge in [-0.15, -0.1) is 0 Å². The second-order valence-electron chi connectivity index (χ2n) is 5.77. The number of rotatable bonds is 5. The number of hydrogen-bond acceptors (Lipinski definition) is 2. The monoisotopic (exact) mass is 289 g/mol. The van der Waals surface area contributed by atoms with Crippen molar-refractivity contribution in [2.24, 2.45) is 0 Å². The van der Waals surface area contributed by atoms with E-state index in [9.17, 15) is 0 Å². The minimum absolute atomic E-state index is 0.457. The smallest absolute Gasteiger partial charge is 0.0705 e. The van der Waals surface area contributed by atoms with Gasteiger partial charge < -0.3 is 5.32 Å². The van der Waals surface area contributed by atoms with Gasteiger partial charge in [0.15, 0.2) is 0 Å². The number of nitrogens with one attached hydrogen (secondary N) is 1. The molecule has 0 radical (unpaired) electrons. The van der Waals surface area contributed by atoms with Gasteiger partial charge in [0.05, 0.1) is 11.4 Å². The highest BCUT2D eigenvalue weighted by molar-refractivity contribution is 6.30. The summed E-state index contributed by atoms with van der Waals surface area (Å²) in [6.07, 6.45) is 4.58. The van der Waals surface area contributed by atoms with Crippen molar-refractivity contribution < 1.29 is 0 Å². The number of halogens is 1. The van der Waals surface area contributed by atoms with Crippen LogP contribution in [0.5, 0.6) is 0 Å². The first-order valence-electron chi connectivity index (χ1n) is 7.21. The van der Waals surface area contributed by atoms with Crippen molar-refractivity contribution in [3.05, 3.63) is 46.7 Å². The molecule has 106 valence electrons. The van der Waals surface area contributed by atoms with Crippen LogP contribution in [0.1, 0.15) is 43.9 Å². The molecular formula is C16H20ClN3. The molecule has 3 nitrogen and oxygen atoms in total. The van der Waals surface area contributed by atoms with E-state index in [1.54, 1.807) is 0 Å². The maximum absolute atomic E-state index is 6.15. The second kappa shape index (κ2) is 5.58. The molecule has 3 rings (SSSR count). The third-order valence-corrected chi connectivity index (χ3v) is 3.84. The number of aromatic nitrogens is 2. The maximum Gasteiger partial charge on any atom is 0.0705 e.